The smallest absolute Gasteiger partial charge is 0.407 e. The lowest BCUT2D eigenvalue weighted by Crippen LogP contribution is -2.64. The van der Waals surface area contributed by atoms with E-state index in [9.17, 15) is 31.2 Å². The highest BCUT2D eigenvalue weighted by molar-refractivity contribution is 7.92. The van der Waals surface area contributed by atoms with Gasteiger partial charge in [0.2, 0.25) is 11.8 Å². The van der Waals surface area contributed by atoms with Crippen molar-refractivity contribution in [2.45, 2.75) is 94.9 Å². The molecule has 272 valence electrons. The van der Waals surface area contributed by atoms with Gasteiger partial charge in [0.1, 0.15) is 6.61 Å². The van der Waals surface area contributed by atoms with Gasteiger partial charge in [-0.05, 0) is 100 Å². The van der Waals surface area contributed by atoms with Gasteiger partial charge in [-0.15, -0.1) is 0 Å². The summed E-state index contributed by atoms with van der Waals surface area (Å²) in [5, 5.41) is 2.79. The molecule has 3 aliphatic carbocycles. The van der Waals surface area contributed by atoms with E-state index in [1.165, 1.54) is 36.3 Å². The maximum atomic E-state index is 14.6. The predicted octanol–water partition coefficient (Wildman–Crippen LogP) is 6.47. The molecule has 3 fully saturated rings. The van der Waals surface area contributed by atoms with Crippen LogP contribution in [-0.4, -0.2) is 73.3 Å². The van der Waals surface area contributed by atoms with Gasteiger partial charge in [0.05, 0.1) is 29.2 Å². The number of benzene rings is 2. The number of halogens is 3. The lowest BCUT2D eigenvalue weighted by molar-refractivity contribution is -0.194. The molecule has 7 rings (SSSR count). The SMILES string of the molecule is COC(=O)NC1CC2(C1)CC(N1C(=O)c3cccc(c3)S(=O)(=O)Nc3nc(c(C)c(-c4c(C)cccc4C)n3)OC[C@H]1CC1(C(F)(F)F)CC1)C2. The lowest BCUT2D eigenvalue weighted by Gasteiger charge is -2.60. The molecule has 1 spiro atoms. The fourth-order valence-corrected chi connectivity index (χ4v) is 9.26. The van der Waals surface area contributed by atoms with Crippen molar-refractivity contribution < 1.29 is 40.7 Å². The number of amides is 2. The fourth-order valence-electron chi connectivity index (χ4n) is 8.27. The topological polar surface area (TPSA) is 140 Å². The quantitative estimate of drug-likeness (QED) is 0.305. The van der Waals surface area contributed by atoms with Crippen LogP contribution < -0.4 is 14.8 Å². The molecule has 0 saturated heterocycles. The van der Waals surface area contributed by atoms with Crippen LogP contribution in [0.1, 0.15) is 72.0 Å². The van der Waals surface area contributed by atoms with Gasteiger partial charge in [-0.2, -0.15) is 18.2 Å². The third-order valence-corrected chi connectivity index (χ3v) is 12.5. The van der Waals surface area contributed by atoms with Crippen molar-refractivity contribution in [3.05, 3.63) is 64.7 Å². The van der Waals surface area contributed by atoms with Gasteiger partial charge < -0.3 is 19.7 Å². The standard InChI is InChI=1S/C36H40F3N5O6S/c1-20-7-5-8-21(2)28(20)29-22(3)30-42-32(41-29)43-51(47,48)27-10-6-9-23(13-27)31(45)44(26(19-50-30)18-35(11-12-35)36(37,38)39)25-16-34(17-25)14-24(15-34)40-33(46)49-4/h5-10,13,24-26H,11-12,14-19H2,1-4H3,(H,40,46)(H,41,42,43)/t24?,25?,26-,34?/m1/s1. The number of anilines is 1. The molecule has 3 saturated carbocycles. The molecular formula is C36H40F3N5O6S. The van der Waals surface area contributed by atoms with Crippen LogP contribution in [0.4, 0.5) is 23.9 Å². The van der Waals surface area contributed by atoms with E-state index in [2.05, 4.69) is 20.0 Å². The Bertz CT molecular complexity index is 1980. The first-order valence-corrected chi connectivity index (χ1v) is 18.5. The Morgan fingerprint density at radius 3 is 2.35 bits per heavy atom. The molecule has 1 aliphatic heterocycles. The highest BCUT2D eigenvalue weighted by Crippen LogP contribution is 2.62. The average molecular weight is 728 g/mol. The lowest BCUT2D eigenvalue weighted by atomic mass is 9.51. The van der Waals surface area contributed by atoms with Gasteiger partial charge >= 0.3 is 12.3 Å². The summed E-state index contributed by atoms with van der Waals surface area (Å²) in [5.74, 6) is -0.846. The summed E-state index contributed by atoms with van der Waals surface area (Å²) in [5.41, 5.74) is 1.25. The number of aryl methyl sites for hydroxylation is 2. The molecule has 0 radical (unpaired) electrons. The third kappa shape index (κ3) is 6.38. The Balaban J connectivity index is 1.32. The van der Waals surface area contributed by atoms with E-state index in [1.54, 1.807) is 6.92 Å². The largest absolute Gasteiger partial charge is 0.475 e. The zero-order valence-corrected chi connectivity index (χ0v) is 29.6. The monoisotopic (exact) mass is 727 g/mol. The number of sulfonamides is 1. The first-order chi connectivity index (χ1) is 24.0. The van der Waals surface area contributed by atoms with Crippen molar-refractivity contribution in [2.24, 2.45) is 10.8 Å². The van der Waals surface area contributed by atoms with E-state index < -0.39 is 45.7 Å². The number of rotatable bonds is 5. The Morgan fingerprint density at radius 2 is 1.73 bits per heavy atom. The molecule has 2 N–H and O–H groups in total. The number of nitrogens with one attached hydrogen (secondary N) is 2. The van der Waals surface area contributed by atoms with Crippen LogP contribution in [0.5, 0.6) is 5.88 Å². The number of hydrogen-bond acceptors (Lipinski definition) is 8. The Morgan fingerprint density at radius 1 is 1.06 bits per heavy atom. The average Bonchev–Trinajstić information content (AvgIpc) is 3.83. The number of methoxy groups -OCH3 is 1. The summed E-state index contributed by atoms with van der Waals surface area (Å²) in [4.78, 5) is 36.6. The molecule has 1 aromatic heterocycles. The number of ether oxygens (including phenoxy) is 2. The summed E-state index contributed by atoms with van der Waals surface area (Å²) in [7, 11) is -3.04. The third-order valence-electron chi connectivity index (χ3n) is 11.2. The molecule has 4 bridgehead atoms. The molecule has 2 amide bonds. The summed E-state index contributed by atoms with van der Waals surface area (Å²) < 4.78 is 84.6. The van der Waals surface area contributed by atoms with Gasteiger partial charge in [0.25, 0.3) is 15.9 Å². The molecule has 3 aromatic rings. The highest BCUT2D eigenvalue weighted by Gasteiger charge is 2.65. The van der Waals surface area contributed by atoms with Gasteiger partial charge in [-0.1, -0.05) is 24.3 Å². The van der Waals surface area contributed by atoms with Crippen molar-refractivity contribution in [1.29, 1.82) is 0 Å². The Kier molecular flexibility index (Phi) is 8.50. The molecule has 0 unspecified atom stereocenters. The van der Waals surface area contributed by atoms with Crippen LogP contribution in [0.3, 0.4) is 0 Å². The number of alkyl halides is 3. The number of hydrogen-bond donors (Lipinski definition) is 2. The van der Waals surface area contributed by atoms with Gasteiger partial charge in [0, 0.05) is 28.8 Å². The van der Waals surface area contributed by atoms with Crippen LogP contribution in [0, 0.1) is 31.6 Å². The maximum Gasteiger partial charge on any atom is 0.407 e. The van der Waals surface area contributed by atoms with Crippen molar-refractivity contribution in [2.75, 3.05) is 18.4 Å². The minimum absolute atomic E-state index is 0.00126. The number of nitrogens with zero attached hydrogens (tertiary/aromatic N) is 3. The molecule has 1 atom stereocenters. The van der Waals surface area contributed by atoms with Crippen LogP contribution in [0.15, 0.2) is 47.4 Å². The predicted molar refractivity (Wildman–Crippen MR) is 181 cm³/mol. The Labute approximate surface area is 294 Å². The summed E-state index contributed by atoms with van der Waals surface area (Å²) >= 11 is 0. The molecule has 51 heavy (non-hydrogen) atoms. The molecular weight excluding hydrogens is 687 g/mol. The molecule has 2 heterocycles. The zero-order chi connectivity index (χ0) is 36.5. The minimum atomic E-state index is -4.49. The number of alkyl carbamates (subject to hydrolysis) is 1. The second-order valence-electron chi connectivity index (χ2n) is 14.7. The minimum Gasteiger partial charge on any atom is -0.475 e. The van der Waals surface area contributed by atoms with E-state index in [-0.39, 0.29) is 59.6 Å². The van der Waals surface area contributed by atoms with Crippen LogP contribution in [0.25, 0.3) is 11.3 Å². The van der Waals surface area contributed by atoms with Crippen molar-refractivity contribution in [1.82, 2.24) is 20.2 Å². The number of carbonyl (C=O) groups excluding carboxylic acids is 2. The second kappa shape index (κ2) is 12.4. The number of carbonyl (C=O) groups is 2. The van der Waals surface area contributed by atoms with E-state index in [0.29, 0.717) is 36.9 Å². The van der Waals surface area contributed by atoms with Gasteiger partial charge in [-0.3, -0.25) is 4.79 Å². The molecule has 4 aliphatic rings. The van der Waals surface area contributed by atoms with E-state index in [0.717, 1.165) is 16.7 Å². The van der Waals surface area contributed by atoms with Crippen LogP contribution in [0.2, 0.25) is 0 Å². The fraction of sp³-hybridized carbons (Fsp3) is 0.500. The van der Waals surface area contributed by atoms with Crippen LogP contribution in [-0.2, 0) is 14.8 Å². The molecule has 11 nitrogen and oxygen atoms in total. The van der Waals surface area contributed by atoms with Gasteiger partial charge in [-0.25, -0.2) is 22.9 Å². The van der Waals surface area contributed by atoms with E-state index in [1.807, 2.05) is 32.0 Å². The van der Waals surface area contributed by atoms with E-state index in [4.69, 9.17) is 9.47 Å². The molecule has 2 aromatic carbocycles. The van der Waals surface area contributed by atoms with Crippen LogP contribution >= 0.6 is 0 Å². The maximum absolute atomic E-state index is 14.6. The van der Waals surface area contributed by atoms with Crippen molar-refractivity contribution >= 4 is 28.0 Å². The van der Waals surface area contributed by atoms with Crippen molar-refractivity contribution in [3.63, 3.8) is 0 Å². The summed E-state index contributed by atoms with van der Waals surface area (Å²) in [6, 6.07) is 9.60. The second-order valence-corrected chi connectivity index (χ2v) is 16.4. The van der Waals surface area contributed by atoms with Crippen molar-refractivity contribution in [3.8, 4) is 17.1 Å². The number of aromatic nitrogens is 2. The first-order valence-electron chi connectivity index (χ1n) is 17.0. The summed E-state index contributed by atoms with van der Waals surface area (Å²) in [6.45, 7) is 5.21. The normalized spacial score (nSPS) is 26.2. The molecule has 15 heteroatoms. The zero-order valence-electron chi connectivity index (χ0n) is 28.8. The summed E-state index contributed by atoms with van der Waals surface area (Å²) in [6.07, 6.45) is -3.19. The van der Waals surface area contributed by atoms with Gasteiger partial charge in [0.15, 0.2) is 0 Å². The number of fused-ring (bicyclic) bond motifs is 4. The van der Waals surface area contributed by atoms with E-state index >= 15 is 0 Å². The first kappa shape index (κ1) is 35.0. The Hall–Kier alpha value is -4.40. The highest BCUT2D eigenvalue weighted by atomic mass is 32.2.